The first kappa shape index (κ1) is 16.6. The summed E-state index contributed by atoms with van der Waals surface area (Å²) in [5.74, 6) is 0.910. The van der Waals surface area contributed by atoms with Gasteiger partial charge in [-0.2, -0.15) is 0 Å². The number of pyridine rings is 1. The normalized spacial score (nSPS) is 17.4. The molecular weight excluding hydrogens is 326 g/mol. The molecule has 0 spiro atoms. The number of anilines is 1. The Morgan fingerprint density at radius 3 is 2.92 bits per heavy atom. The predicted octanol–water partition coefficient (Wildman–Crippen LogP) is 2.57. The SMILES string of the molecule is Cc1ccccc1CNC(=O)[C@H]1CCCN(c2nnc3ccccn23)C1. The number of nitrogens with one attached hydrogen (secondary N) is 1. The van der Waals surface area contributed by atoms with Crippen molar-refractivity contribution in [1.29, 1.82) is 0 Å². The van der Waals surface area contributed by atoms with Gasteiger partial charge in [-0.15, -0.1) is 10.2 Å². The molecule has 1 aliphatic rings. The maximum absolute atomic E-state index is 12.7. The van der Waals surface area contributed by atoms with Crippen LogP contribution < -0.4 is 10.2 Å². The topological polar surface area (TPSA) is 62.5 Å². The Hall–Kier alpha value is -2.89. The van der Waals surface area contributed by atoms with E-state index in [9.17, 15) is 4.79 Å². The molecule has 0 aliphatic carbocycles. The third-order valence-electron chi connectivity index (χ3n) is 5.09. The summed E-state index contributed by atoms with van der Waals surface area (Å²) >= 11 is 0. The van der Waals surface area contributed by atoms with Crippen LogP contribution in [0.4, 0.5) is 5.95 Å². The van der Waals surface area contributed by atoms with Gasteiger partial charge in [-0.05, 0) is 43.0 Å². The highest BCUT2D eigenvalue weighted by Gasteiger charge is 2.28. The van der Waals surface area contributed by atoms with Crippen molar-refractivity contribution in [3.05, 3.63) is 59.8 Å². The molecule has 6 nitrogen and oxygen atoms in total. The van der Waals surface area contributed by atoms with E-state index in [2.05, 4.69) is 39.5 Å². The standard InChI is InChI=1S/C20H23N5O/c1-15-7-2-3-8-16(15)13-21-19(26)17-9-6-11-24(14-17)20-23-22-18-10-4-5-12-25(18)20/h2-5,7-8,10,12,17H,6,9,11,13-14H2,1H3,(H,21,26)/t17-/m0/s1. The summed E-state index contributed by atoms with van der Waals surface area (Å²) in [6.45, 7) is 4.22. The van der Waals surface area contributed by atoms with Gasteiger partial charge < -0.3 is 10.2 Å². The second-order valence-corrected chi connectivity index (χ2v) is 6.86. The zero-order valence-corrected chi connectivity index (χ0v) is 14.9. The van der Waals surface area contributed by atoms with E-state index in [1.54, 1.807) is 0 Å². The van der Waals surface area contributed by atoms with E-state index in [4.69, 9.17) is 0 Å². The predicted molar refractivity (Wildman–Crippen MR) is 101 cm³/mol. The summed E-state index contributed by atoms with van der Waals surface area (Å²) in [7, 11) is 0. The second-order valence-electron chi connectivity index (χ2n) is 6.86. The molecule has 3 aromatic rings. The number of hydrogen-bond donors (Lipinski definition) is 1. The van der Waals surface area contributed by atoms with Crippen molar-refractivity contribution >= 4 is 17.5 Å². The minimum absolute atomic E-state index is 0.0242. The van der Waals surface area contributed by atoms with Crippen LogP contribution in [0.25, 0.3) is 5.65 Å². The second kappa shape index (κ2) is 7.15. The Morgan fingerprint density at radius 1 is 1.19 bits per heavy atom. The van der Waals surface area contributed by atoms with Crippen molar-refractivity contribution in [3.8, 4) is 0 Å². The Balaban J connectivity index is 1.43. The maximum atomic E-state index is 12.7. The van der Waals surface area contributed by atoms with Crippen LogP contribution in [0.1, 0.15) is 24.0 Å². The van der Waals surface area contributed by atoms with Crippen LogP contribution >= 0.6 is 0 Å². The minimum Gasteiger partial charge on any atom is -0.352 e. The van der Waals surface area contributed by atoms with Crippen molar-refractivity contribution in [1.82, 2.24) is 19.9 Å². The Labute approximate surface area is 152 Å². The number of rotatable bonds is 4. The molecule has 0 saturated carbocycles. The van der Waals surface area contributed by atoms with Gasteiger partial charge in [0.1, 0.15) is 0 Å². The number of carbonyl (C=O) groups excluding carboxylic acids is 1. The monoisotopic (exact) mass is 349 g/mol. The fourth-order valence-electron chi connectivity index (χ4n) is 3.55. The van der Waals surface area contributed by atoms with E-state index in [-0.39, 0.29) is 11.8 Å². The van der Waals surface area contributed by atoms with Crippen LogP contribution in [0.2, 0.25) is 0 Å². The van der Waals surface area contributed by atoms with Crippen LogP contribution in [0, 0.1) is 12.8 Å². The number of amides is 1. The molecule has 1 aromatic carbocycles. The number of aromatic nitrogens is 3. The molecule has 3 heterocycles. The molecular formula is C20H23N5O. The molecule has 1 aliphatic heterocycles. The van der Waals surface area contributed by atoms with Crippen LogP contribution in [-0.2, 0) is 11.3 Å². The van der Waals surface area contributed by atoms with Gasteiger partial charge in [0, 0.05) is 25.8 Å². The fraction of sp³-hybridized carbons (Fsp3) is 0.350. The van der Waals surface area contributed by atoms with Gasteiger partial charge in [-0.25, -0.2) is 0 Å². The van der Waals surface area contributed by atoms with E-state index in [0.717, 1.165) is 36.5 Å². The number of aryl methyl sites for hydroxylation is 1. The van der Waals surface area contributed by atoms with Gasteiger partial charge in [-0.3, -0.25) is 9.20 Å². The summed E-state index contributed by atoms with van der Waals surface area (Å²) < 4.78 is 1.98. The fourth-order valence-corrected chi connectivity index (χ4v) is 3.55. The molecule has 4 rings (SSSR count). The van der Waals surface area contributed by atoms with Gasteiger partial charge in [0.05, 0.1) is 5.92 Å². The van der Waals surface area contributed by atoms with E-state index in [0.29, 0.717) is 13.1 Å². The summed E-state index contributed by atoms with van der Waals surface area (Å²) in [6.07, 6.45) is 3.85. The van der Waals surface area contributed by atoms with Crippen molar-refractivity contribution in [3.63, 3.8) is 0 Å². The first-order chi connectivity index (χ1) is 12.7. The first-order valence-electron chi connectivity index (χ1n) is 9.09. The van der Waals surface area contributed by atoms with Crippen LogP contribution in [-0.4, -0.2) is 33.6 Å². The number of nitrogens with zero attached hydrogens (tertiary/aromatic N) is 4. The van der Waals surface area contributed by atoms with E-state index >= 15 is 0 Å². The molecule has 1 fully saturated rings. The third-order valence-corrected chi connectivity index (χ3v) is 5.09. The zero-order chi connectivity index (χ0) is 17.9. The molecule has 134 valence electrons. The Kier molecular flexibility index (Phi) is 4.56. The van der Waals surface area contributed by atoms with E-state index < -0.39 is 0 Å². The van der Waals surface area contributed by atoms with E-state index in [1.165, 1.54) is 5.56 Å². The number of hydrogen-bond acceptors (Lipinski definition) is 4. The highest BCUT2D eigenvalue weighted by atomic mass is 16.1. The van der Waals surface area contributed by atoms with Crippen LogP contribution in [0.3, 0.4) is 0 Å². The average molecular weight is 349 g/mol. The molecule has 6 heteroatoms. The van der Waals surface area contributed by atoms with Crippen LogP contribution in [0.5, 0.6) is 0 Å². The molecule has 0 unspecified atom stereocenters. The van der Waals surface area contributed by atoms with Gasteiger partial charge in [-0.1, -0.05) is 30.3 Å². The summed E-state index contributed by atoms with van der Waals surface area (Å²) in [6, 6.07) is 14.0. The molecule has 0 bridgehead atoms. The average Bonchev–Trinajstić information content (AvgIpc) is 3.11. The molecule has 0 radical (unpaired) electrons. The minimum atomic E-state index is -0.0242. The summed E-state index contributed by atoms with van der Waals surface area (Å²) in [5, 5.41) is 11.6. The highest BCUT2D eigenvalue weighted by molar-refractivity contribution is 5.79. The largest absolute Gasteiger partial charge is 0.352 e. The molecule has 1 amide bonds. The van der Waals surface area contributed by atoms with Gasteiger partial charge in [0.25, 0.3) is 0 Å². The van der Waals surface area contributed by atoms with E-state index in [1.807, 2.05) is 40.9 Å². The number of piperidine rings is 1. The van der Waals surface area contributed by atoms with Crippen LogP contribution in [0.15, 0.2) is 48.7 Å². The summed E-state index contributed by atoms with van der Waals surface area (Å²) in [5.41, 5.74) is 3.19. The van der Waals surface area contributed by atoms with Crippen molar-refractivity contribution in [2.24, 2.45) is 5.92 Å². The highest BCUT2D eigenvalue weighted by Crippen LogP contribution is 2.22. The molecule has 1 atom stereocenters. The smallest absolute Gasteiger partial charge is 0.231 e. The third kappa shape index (κ3) is 3.27. The van der Waals surface area contributed by atoms with Gasteiger partial charge >= 0.3 is 0 Å². The van der Waals surface area contributed by atoms with Crippen molar-refractivity contribution < 1.29 is 4.79 Å². The van der Waals surface area contributed by atoms with Gasteiger partial charge in [0.15, 0.2) is 5.65 Å². The quantitative estimate of drug-likeness (QED) is 0.786. The maximum Gasteiger partial charge on any atom is 0.231 e. The van der Waals surface area contributed by atoms with Gasteiger partial charge in [0.2, 0.25) is 11.9 Å². The van der Waals surface area contributed by atoms with Crippen molar-refractivity contribution in [2.75, 3.05) is 18.0 Å². The number of benzene rings is 1. The lowest BCUT2D eigenvalue weighted by molar-refractivity contribution is -0.125. The summed E-state index contributed by atoms with van der Waals surface area (Å²) in [4.78, 5) is 14.8. The van der Waals surface area contributed by atoms with Crippen molar-refractivity contribution in [2.45, 2.75) is 26.3 Å². The molecule has 2 aromatic heterocycles. The number of carbonyl (C=O) groups is 1. The zero-order valence-electron chi connectivity index (χ0n) is 14.9. The molecule has 1 saturated heterocycles. The Morgan fingerprint density at radius 2 is 2.04 bits per heavy atom. The lowest BCUT2D eigenvalue weighted by atomic mass is 9.97. The Bertz CT molecular complexity index is 919. The molecule has 1 N–H and O–H groups in total. The lowest BCUT2D eigenvalue weighted by Crippen LogP contribution is -2.43. The molecule has 26 heavy (non-hydrogen) atoms. The first-order valence-corrected chi connectivity index (χ1v) is 9.09. The lowest BCUT2D eigenvalue weighted by Gasteiger charge is -2.32. The number of fused-ring (bicyclic) bond motifs is 1.